The summed E-state index contributed by atoms with van der Waals surface area (Å²) in [6.07, 6.45) is -0.902. The van der Waals surface area contributed by atoms with E-state index in [1.165, 1.54) is 0 Å². The minimum absolute atomic E-state index is 0.291. The smallest absolute Gasteiger partial charge is 0.228 e. The van der Waals surface area contributed by atoms with E-state index in [4.69, 9.17) is 28.4 Å². The van der Waals surface area contributed by atoms with Gasteiger partial charge in [-0.05, 0) is 42.2 Å². The lowest BCUT2D eigenvalue weighted by atomic mass is 9.97. The minimum Gasteiger partial charge on any atom is -0.467 e. The highest BCUT2D eigenvalue weighted by Gasteiger charge is 2.49. The summed E-state index contributed by atoms with van der Waals surface area (Å²) < 4.78 is 39.2. The van der Waals surface area contributed by atoms with Crippen molar-refractivity contribution in [3.05, 3.63) is 155 Å². The average Bonchev–Trinajstić information content (AvgIpc) is 3.08. The van der Waals surface area contributed by atoms with Gasteiger partial charge in [-0.3, -0.25) is 0 Å². The molecule has 0 radical (unpaired) electrons. The molecule has 0 unspecified atom stereocenters. The number of ether oxygens (including phenoxy) is 6. The van der Waals surface area contributed by atoms with Gasteiger partial charge in [0.15, 0.2) is 0 Å². The van der Waals surface area contributed by atoms with E-state index in [2.05, 4.69) is 24.3 Å². The first kappa shape index (κ1) is 31.6. The SMILES string of the molecule is C/C=C(/C)O[C@@H]1O[C@H](COCc2ccccc2)[C@@H](OCc2ccccc2)[C@H](OCc2ccccc2)[C@H]1OCc1ccccc1. The van der Waals surface area contributed by atoms with E-state index < -0.39 is 30.7 Å². The minimum atomic E-state index is -0.738. The van der Waals surface area contributed by atoms with Crippen LogP contribution in [0, 0.1) is 0 Å². The van der Waals surface area contributed by atoms with Gasteiger partial charge in [0.1, 0.15) is 24.4 Å². The fourth-order valence-electron chi connectivity index (χ4n) is 5.09. The Balaban J connectivity index is 1.44. The topological polar surface area (TPSA) is 55.4 Å². The lowest BCUT2D eigenvalue weighted by Crippen LogP contribution is -2.61. The van der Waals surface area contributed by atoms with Gasteiger partial charge in [0.05, 0.1) is 38.8 Å². The van der Waals surface area contributed by atoms with Crippen molar-refractivity contribution in [2.75, 3.05) is 6.61 Å². The Morgan fingerprint density at radius 1 is 0.568 bits per heavy atom. The average molecular weight is 595 g/mol. The van der Waals surface area contributed by atoms with E-state index in [-0.39, 0.29) is 0 Å². The Hall–Kier alpha value is -3.78. The maximum atomic E-state index is 6.73. The summed E-state index contributed by atoms with van der Waals surface area (Å²) >= 11 is 0. The molecule has 44 heavy (non-hydrogen) atoms. The monoisotopic (exact) mass is 594 g/mol. The zero-order valence-corrected chi connectivity index (χ0v) is 25.5. The van der Waals surface area contributed by atoms with E-state index in [0.29, 0.717) is 33.0 Å². The van der Waals surface area contributed by atoms with Gasteiger partial charge >= 0.3 is 0 Å². The molecule has 0 saturated carbocycles. The third kappa shape index (κ3) is 9.36. The molecule has 6 nitrogen and oxygen atoms in total. The van der Waals surface area contributed by atoms with E-state index in [0.717, 1.165) is 28.0 Å². The molecule has 0 bridgehead atoms. The second-order valence-electron chi connectivity index (χ2n) is 10.8. The zero-order valence-electron chi connectivity index (χ0n) is 25.5. The van der Waals surface area contributed by atoms with Crippen molar-refractivity contribution < 1.29 is 28.4 Å². The summed E-state index contributed by atoms with van der Waals surface area (Å²) in [5, 5.41) is 0. The number of hydrogen-bond acceptors (Lipinski definition) is 6. The molecule has 0 spiro atoms. The summed E-state index contributed by atoms with van der Waals surface area (Å²) in [6, 6.07) is 40.4. The van der Waals surface area contributed by atoms with Crippen LogP contribution < -0.4 is 0 Å². The van der Waals surface area contributed by atoms with Crippen molar-refractivity contribution in [2.24, 2.45) is 0 Å². The van der Waals surface area contributed by atoms with Gasteiger partial charge in [-0.1, -0.05) is 121 Å². The first-order valence-corrected chi connectivity index (χ1v) is 15.2. The van der Waals surface area contributed by atoms with Crippen molar-refractivity contribution in [3.8, 4) is 0 Å². The summed E-state index contributed by atoms with van der Waals surface area (Å²) in [6.45, 7) is 5.74. The summed E-state index contributed by atoms with van der Waals surface area (Å²) in [7, 11) is 0. The van der Waals surface area contributed by atoms with Crippen LogP contribution in [0.15, 0.2) is 133 Å². The molecule has 230 valence electrons. The Morgan fingerprint density at radius 3 is 1.43 bits per heavy atom. The lowest BCUT2D eigenvalue weighted by Gasteiger charge is -2.45. The van der Waals surface area contributed by atoms with Gasteiger partial charge in [-0.15, -0.1) is 0 Å². The van der Waals surface area contributed by atoms with E-state index in [1.54, 1.807) is 0 Å². The maximum absolute atomic E-state index is 6.73. The molecule has 0 aliphatic carbocycles. The first-order chi connectivity index (χ1) is 21.7. The van der Waals surface area contributed by atoms with Crippen LogP contribution in [-0.4, -0.2) is 37.3 Å². The highest BCUT2D eigenvalue weighted by atomic mass is 16.7. The summed E-state index contributed by atoms with van der Waals surface area (Å²) in [5.74, 6) is 0.734. The molecular formula is C38H42O6. The van der Waals surface area contributed by atoms with Crippen LogP contribution in [0.3, 0.4) is 0 Å². The molecule has 5 rings (SSSR count). The highest BCUT2D eigenvalue weighted by molar-refractivity contribution is 5.16. The number of rotatable bonds is 15. The van der Waals surface area contributed by atoms with Crippen LogP contribution in [0.25, 0.3) is 0 Å². The fourth-order valence-corrected chi connectivity index (χ4v) is 5.09. The van der Waals surface area contributed by atoms with Crippen molar-refractivity contribution in [1.82, 2.24) is 0 Å². The third-order valence-corrected chi connectivity index (χ3v) is 7.55. The van der Waals surface area contributed by atoms with E-state index >= 15 is 0 Å². The Kier molecular flexibility index (Phi) is 12.2. The predicted octanol–water partition coefficient (Wildman–Crippen LogP) is 7.62. The van der Waals surface area contributed by atoms with Crippen molar-refractivity contribution in [2.45, 2.75) is 71.0 Å². The Bertz CT molecular complexity index is 1380. The van der Waals surface area contributed by atoms with Crippen LogP contribution in [0.5, 0.6) is 0 Å². The fraction of sp³-hybridized carbons (Fsp3) is 0.316. The van der Waals surface area contributed by atoms with Crippen molar-refractivity contribution >= 4 is 0 Å². The number of benzene rings is 4. The molecule has 1 aliphatic heterocycles. The molecule has 0 aromatic heterocycles. The molecule has 1 saturated heterocycles. The predicted molar refractivity (Wildman–Crippen MR) is 170 cm³/mol. The largest absolute Gasteiger partial charge is 0.467 e. The van der Waals surface area contributed by atoms with Crippen molar-refractivity contribution in [1.29, 1.82) is 0 Å². The molecule has 0 amide bonds. The third-order valence-electron chi connectivity index (χ3n) is 7.55. The molecule has 4 aromatic rings. The Morgan fingerprint density at radius 2 is 0.977 bits per heavy atom. The first-order valence-electron chi connectivity index (χ1n) is 15.2. The van der Waals surface area contributed by atoms with Crippen LogP contribution in [-0.2, 0) is 54.8 Å². The van der Waals surface area contributed by atoms with E-state index in [9.17, 15) is 0 Å². The summed E-state index contributed by atoms with van der Waals surface area (Å²) in [4.78, 5) is 0. The van der Waals surface area contributed by atoms with Gasteiger partial charge in [-0.25, -0.2) is 0 Å². The lowest BCUT2D eigenvalue weighted by molar-refractivity contribution is -0.320. The molecule has 1 aliphatic rings. The van der Waals surface area contributed by atoms with Crippen molar-refractivity contribution in [3.63, 3.8) is 0 Å². The quantitative estimate of drug-likeness (QED) is 0.132. The van der Waals surface area contributed by atoms with Gasteiger partial charge in [0, 0.05) is 0 Å². The Labute approximate surface area is 261 Å². The van der Waals surface area contributed by atoms with Gasteiger partial charge in [0.25, 0.3) is 0 Å². The molecule has 6 heteroatoms. The zero-order chi connectivity index (χ0) is 30.4. The maximum Gasteiger partial charge on any atom is 0.228 e. The van der Waals surface area contributed by atoms with Crippen LogP contribution in [0.2, 0.25) is 0 Å². The summed E-state index contributed by atoms with van der Waals surface area (Å²) in [5.41, 5.74) is 4.25. The second kappa shape index (κ2) is 16.9. The van der Waals surface area contributed by atoms with Crippen LogP contribution in [0.4, 0.5) is 0 Å². The second-order valence-corrected chi connectivity index (χ2v) is 10.8. The van der Waals surface area contributed by atoms with Crippen LogP contribution >= 0.6 is 0 Å². The molecule has 5 atom stereocenters. The standard InChI is InChI=1S/C38H42O6/c1-3-29(2)43-38-37(42-27-33-22-14-7-15-23-33)36(41-26-32-20-12-6-13-21-32)35(40-25-31-18-10-5-11-19-31)34(44-38)28-39-24-30-16-8-4-9-17-30/h3-23,34-38H,24-28H2,1-2H3/b29-3-/t34-,35-,36+,37-,38-/m1/s1. The van der Waals surface area contributed by atoms with Gasteiger partial charge in [-0.2, -0.15) is 0 Å². The number of allylic oxidation sites excluding steroid dienone is 2. The van der Waals surface area contributed by atoms with E-state index in [1.807, 2.05) is 117 Å². The van der Waals surface area contributed by atoms with Gasteiger partial charge in [0.2, 0.25) is 6.29 Å². The highest BCUT2D eigenvalue weighted by Crippen LogP contribution is 2.32. The molecule has 1 heterocycles. The normalized spacial score (nSPS) is 22.0. The van der Waals surface area contributed by atoms with Gasteiger partial charge < -0.3 is 28.4 Å². The molecule has 4 aromatic carbocycles. The number of hydrogen-bond donors (Lipinski definition) is 0. The molecule has 0 N–H and O–H groups in total. The molecular weight excluding hydrogens is 552 g/mol. The molecule has 1 fully saturated rings. The van der Waals surface area contributed by atoms with Crippen LogP contribution in [0.1, 0.15) is 36.1 Å².